The monoisotopic (exact) mass is 241 g/mol. The normalized spacial score (nSPS) is 17.2. The summed E-state index contributed by atoms with van der Waals surface area (Å²) in [6.07, 6.45) is 3.99. The molecule has 0 aromatic heterocycles. The van der Waals surface area contributed by atoms with Gasteiger partial charge < -0.3 is 15.6 Å². The Morgan fingerprint density at radius 3 is 2.75 bits per heavy atom. The third-order valence-electron chi connectivity index (χ3n) is 3.10. The number of hydrogen-bond donors (Lipinski definition) is 2. The van der Waals surface area contributed by atoms with Crippen LogP contribution in [0.1, 0.15) is 24.8 Å². The van der Waals surface area contributed by atoms with Gasteiger partial charge in [-0.2, -0.15) is 0 Å². The first kappa shape index (κ1) is 11.6. The molecule has 0 aliphatic heterocycles. The molecule has 1 aromatic rings. The molecule has 1 aliphatic rings. The van der Waals surface area contributed by atoms with E-state index in [9.17, 15) is 5.11 Å². The molecular formula is C12H16ClNO2. The van der Waals surface area contributed by atoms with E-state index in [4.69, 9.17) is 22.1 Å². The molecule has 1 aromatic carbocycles. The maximum atomic E-state index is 9.61. The molecule has 0 saturated heterocycles. The second kappa shape index (κ2) is 4.15. The van der Waals surface area contributed by atoms with Gasteiger partial charge in [0.25, 0.3) is 0 Å². The fraction of sp³-hybridized carbons (Fsp3) is 0.500. The van der Waals surface area contributed by atoms with Gasteiger partial charge in [-0.3, -0.25) is 0 Å². The van der Waals surface area contributed by atoms with Crippen LogP contribution in [-0.4, -0.2) is 17.8 Å². The van der Waals surface area contributed by atoms with E-state index in [0.29, 0.717) is 5.75 Å². The topological polar surface area (TPSA) is 55.5 Å². The number of rotatable bonds is 4. The van der Waals surface area contributed by atoms with Crippen molar-refractivity contribution in [3.05, 3.63) is 22.7 Å². The van der Waals surface area contributed by atoms with E-state index in [1.54, 1.807) is 6.07 Å². The van der Waals surface area contributed by atoms with Crippen LogP contribution in [0, 0.1) is 0 Å². The van der Waals surface area contributed by atoms with E-state index in [2.05, 4.69) is 0 Å². The number of benzene rings is 1. The lowest BCUT2D eigenvalue weighted by atomic mass is 10.0. The van der Waals surface area contributed by atoms with E-state index < -0.39 is 0 Å². The molecule has 0 spiro atoms. The summed E-state index contributed by atoms with van der Waals surface area (Å²) >= 11 is 5.87. The fourth-order valence-corrected chi connectivity index (χ4v) is 1.92. The predicted octanol–water partition coefficient (Wildman–Crippen LogP) is 2.48. The zero-order valence-electron chi connectivity index (χ0n) is 9.29. The summed E-state index contributed by atoms with van der Waals surface area (Å²) in [7, 11) is 1.54. The first-order valence-electron chi connectivity index (χ1n) is 5.38. The first-order valence-corrected chi connectivity index (χ1v) is 5.76. The van der Waals surface area contributed by atoms with Crippen LogP contribution in [0.15, 0.2) is 12.1 Å². The second-order valence-electron chi connectivity index (χ2n) is 4.49. The number of ether oxygens (including phenoxy) is 1. The number of phenolic OH excluding ortho intramolecular Hbond substituents is 1. The van der Waals surface area contributed by atoms with E-state index in [1.165, 1.54) is 7.11 Å². The highest BCUT2D eigenvalue weighted by Gasteiger charge is 2.37. The van der Waals surface area contributed by atoms with Gasteiger partial charge in [0.15, 0.2) is 0 Å². The molecule has 1 saturated carbocycles. The second-order valence-corrected chi connectivity index (χ2v) is 4.87. The molecule has 1 fully saturated rings. The summed E-state index contributed by atoms with van der Waals surface area (Å²) in [5.74, 6) is 0.580. The molecular weight excluding hydrogens is 226 g/mol. The minimum absolute atomic E-state index is 0.0302. The summed E-state index contributed by atoms with van der Waals surface area (Å²) < 4.78 is 5.09. The molecule has 0 atom stereocenters. The molecule has 88 valence electrons. The van der Waals surface area contributed by atoms with Crippen molar-refractivity contribution in [2.75, 3.05) is 7.11 Å². The van der Waals surface area contributed by atoms with Gasteiger partial charge in [0.1, 0.15) is 16.5 Å². The van der Waals surface area contributed by atoms with E-state index >= 15 is 0 Å². The molecule has 3 nitrogen and oxygen atoms in total. The highest BCUT2D eigenvalue weighted by molar-refractivity contribution is 6.33. The minimum atomic E-state index is 0.0302. The van der Waals surface area contributed by atoms with Gasteiger partial charge >= 0.3 is 0 Å². The number of halogens is 1. The highest BCUT2D eigenvalue weighted by atomic mass is 35.5. The van der Waals surface area contributed by atoms with E-state index in [-0.39, 0.29) is 16.3 Å². The molecule has 1 aliphatic carbocycles. The maximum Gasteiger partial charge on any atom is 0.141 e. The van der Waals surface area contributed by atoms with Crippen LogP contribution in [0.25, 0.3) is 0 Å². The largest absolute Gasteiger partial charge is 0.506 e. The summed E-state index contributed by atoms with van der Waals surface area (Å²) in [4.78, 5) is 0. The van der Waals surface area contributed by atoms with Crippen LogP contribution in [0.4, 0.5) is 0 Å². The number of aryl methyl sites for hydroxylation is 1. The standard InChI is InChI=1S/C12H16ClNO2/c1-16-10-7-8(6-9(15)11(10)13)2-3-12(14)4-5-12/h6-7,15H,2-5,14H2,1H3. The molecule has 16 heavy (non-hydrogen) atoms. The molecule has 4 heteroatoms. The number of phenols is 1. The Morgan fingerprint density at radius 1 is 1.50 bits per heavy atom. The number of nitrogens with two attached hydrogens (primary N) is 1. The molecule has 0 heterocycles. The zero-order valence-corrected chi connectivity index (χ0v) is 10.0. The van der Waals surface area contributed by atoms with Crippen molar-refractivity contribution >= 4 is 11.6 Å². The fourth-order valence-electron chi connectivity index (χ4n) is 1.74. The maximum absolute atomic E-state index is 9.61. The summed E-state index contributed by atoms with van der Waals surface area (Å²) in [6, 6.07) is 3.53. The Labute approximate surface area is 100 Å². The Kier molecular flexibility index (Phi) is 3.00. The van der Waals surface area contributed by atoms with E-state index in [1.807, 2.05) is 6.07 Å². The van der Waals surface area contributed by atoms with Crippen LogP contribution in [0.5, 0.6) is 11.5 Å². The van der Waals surface area contributed by atoms with Crippen molar-refractivity contribution in [3.8, 4) is 11.5 Å². The average Bonchev–Trinajstić information content (AvgIpc) is 2.99. The minimum Gasteiger partial charge on any atom is -0.506 e. The molecule has 0 amide bonds. The molecule has 3 N–H and O–H groups in total. The van der Waals surface area contributed by atoms with Crippen molar-refractivity contribution < 1.29 is 9.84 Å². The lowest BCUT2D eigenvalue weighted by Crippen LogP contribution is -2.22. The van der Waals surface area contributed by atoms with Crippen LogP contribution in [0.3, 0.4) is 0 Å². The van der Waals surface area contributed by atoms with Crippen molar-refractivity contribution in [2.24, 2.45) is 5.73 Å². The Morgan fingerprint density at radius 2 is 2.19 bits per heavy atom. The lowest BCUT2D eigenvalue weighted by Gasteiger charge is -2.11. The van der Waals surface area contributed by atoms with Gasteiger partial charge in [-0.1, -0.05) is 11.6 Å². The smallest absolute Gasteiger partial charge is 0.141 e. The van der Waals surface area contributed by atoms with E-state index in [0.717, 1.165) is 31.2 Å². The van der Waals surface area contributed by atoms with Crippen molar-refractivity contribution in [2.45, 2.75) is 31.2 Å². The number of methoxy groups -OCH3 is 1. The van der Waals surface area contributed by atoms with Crippen molar-refractivity contribution in [3.63, 3.8) is 0 Å². The first-order chi connectivity index (χ1) is 7.54. The van der Waals surface area contributed by atoms with Gasteiger partial charge in [-0.05, 0) is 43.4 Å². The SMILES string of the molecule is COc1cc(CCC2(N)CC2)cc(O)c1Cl. The number of aromatic hydroxyl groups is 1. The van der Waals surface area contributed by atoms with Crippen LogP contribution in [0.2, 0.25) is 5.02 Å². The molecule has 0 bridgehead atoms. The number of hydrogen-bond acceptors (Lipinski definition) is 3. The quantitative estimate of drug-likeness (QED) is 0.852. The molecule has 0 unspecified atom stereocenters. The van der Waals surface area contributed by atoms with Crippen molar-refractivity contribution in [1.82, 2.24) is 0 Å². The van der Waals surface area contributed by atoms with Crippen molar-refractivity contribution in [1.29, 1.82) is 0 Å². The molecule has 2 rings (SSSR count). The zero-order chi connectivity index (χ0) is 11.8. The third-order valence-corrected chi connectivity index (χ3v) is 3.48. The van der Waals surface area contributed by atoms with Gasteiger partial charge in [0.05, 0.1) is 7.11 Å². The molecule has 0 radical (unpaired) electrons. The Balaban J connectivity index is 2.11. The Bertz CT molecular complexity index is 402. The van der Waals surface area contributed by atoms with Gasteiger partial charge in [-0.15, -0.1) is 0 Å². The lowest BCUT2D eigenvalue weighted by molar-refractivity contribution is 0.407. The summed E-state index contributed by atoms with van der Waals surface area (Å²) in [5.41, 5.74) is 7.05. The summed E-state index contributed by atoms with van der Waals surface area (Å²) in [6.45, 7) is 0. The van der Waals surface area contributed by atoms with Gasteiger partial charge in [-0.25, -0.2) is 0 Å². The Hall–Kier alpha value is -0.930. The van der Waals surface area contributed by atoms with Gasteiger partial charge in [0, 0.05) is 5.54 Å². The highest BCUT2D eigenvalue weighted by Crippen LogP contribution is 2.39. The van der Waals surface area contributed by atoms with Crippen LogP contribution in [-0.2, 0) is 6.42 Å². The summed E-state index contributed by atoms with van der Waals surface area (Å²) in [5, 5.41) is 9.88. The third kappa shape index (κ3) is 2.42. The predicted molar refractivity (Wildman–Crippen MR) is 64.1 cm³/mol. The van der Waals surface area contributed by atoms with Gasteiger partial charge in [0.2, 0.25) is 0 Å². The average molecular weight is 242 g/mol. The van der Waals surface area contributed by atoms with Crippen LogP contribution < -0.4 is 10.5 Å². The van der Waals surface area contributed by atoms with Crippen LogP contribution >= 0.6 is 11.6 Å².